The van der Waals surface area contributed by atoms with Crippen LogP contribution in [0.2, 0.25) is 0 Å². The molecule has 7 heteroatoms. The highest BCUT2D eigenvalue weighted by molar-refractivity contribution is 5.92. The largest absolute Gasteiger partial charge is 0.360 e. The third kappa shape index (κ3) is 2.78. The van der Waals surface area contributed by atoms with Crippen LogP contribution < -0.4 is 5.56 Å². The maximum absolute atomic E-state index is 12.6. The van der Waals surface area contributed by atoms with Gasteiger partial charge in [-0.3, -0.25) is 9.59 Å². The van der Waals surface area contributed by atoms with E-state index in [0.29, 0.717) is 42.2 Å². The van der Waals surface area contributed by atoms with Crippen LogP contribution in [-0.4, -0.2) is 32.1 Å². The van der Waals surface area contributed by atoms with Gasteiger partial charge < -0.3 is 14.0 Å². The molecule has 0 fully saturated rings. The minimum absolute atomic E-state index is 0.0430. The summed E-state index contributed by atoms with van der Waals surface area (Å²) >= 11 is 0. The van der Waals surface area contributed by atoms with Crippen molar-refractivity contribution in [2.24, 2.45) is 7.05 Å². The summed E-state index contributed by atoms with van der Waals surface area (Å²) < 4.78 is 6.74. The lowest BCUT2D eigenvalue weighted by Crippen LogP contribution is -2.40. The fourth-order valence-corrected chi connectivity index (χ4v) is 2.58. The van der Waals surface area contributed by atoms with Crippen LogP contribution in [0.25, 0.3) is 0 Å². The van der Waals surface area contributed by atoms with Gasteiger partial charge in [0.05, 0.1) is 18.6 Å². The number of fused-ring (bicyclic) bond motifs is 1. The van der Waals surface area contributed by atoms with Crippen molar-refractivity contribution in [3.05, 3.63) is 45.5 Å². The minimum Gasteiger partial charge on any atom is -0.360 e. The highest BCUT2D eigenvalue weighted by Gasteiger charge is 2.28. The van der Waals surface area contributed by atoms with E-state index in [9.17, 15) is 9.59 Å². The van der Waals surface area contributed by atoms with E-state index in [4.69, 9.17) is 4.52 Å². The molecule has 0 saturated heterocycles. The predicted molar refractivity (Wildman–Crippen MR) is 83.1 cm³/mol. The fraction of sp³-hybridized carbons (Fsp3) is 0.500. The van der Waals surface area contributed by atoms with Gasteiger partial charge in [0.2, 0.25) is 0 Å². The third-order valence-corrected chi connectivity index (χ3v) is 4.04. The van der Waals surface area contributed by atoms with E-state index in [1.54, 1.807) is 18.0 Å². The SMILES string of the molecule is Cn1cnc2c(c1=O)CCN(C(=O)c1cc(C(C)(C)C)on1)C2. The van der Waals surface area contributed by atoms with Crippen molar-refractivity contribution in [2.45, 2.75) is 39.2 Å². The molecule has 122 valence electrons. The molecule has 2 aromatic rings. The van der Waals surface area contributed by atoms with Crippen LogP contribution in [0, 0.1) is 0 Å². The lowest BCUT2D eigenvalue weighted by Gasteiger charge is -2.27. The Balaban J connectivity index is 1.83. The van der Waals surface area contributed by atoms with Crippen LogP contribution in [0.1, 0.15) is 48.3 Å². The summed E-state index contributed by atoms with van der Waals surface area (Å²) in [5.41, 5.74) is 1.40. The predicted octanol–water partition coefficient (Wildman–Crippen LogP) is 1.26. The van der Waals surface area contributed by atoms with Crippen molar-refractivity contribution >= 4 is 5.91 Å². The average molecular weight is 316 g/mol. The Bertz CT molecular complexity index is 813. The van der Waals surface area contributed by atoms with Gasteiger partial charge in [-0.05, 0) is 6.42 Å². The first-order chi connectivity index (χ1) is 10.8. The first-order valence-corrected chi connectivity index (χ1v) is 7.57. The maximum Gasteiger partial charge on any atom is 0.276 e. The Morgan fingerprint density at radius 2 is 2.09 bits per heavy atom. The van der Waals surface area contributed by atoms with E-state index in [2.05, 4.69) is 10.1 Å². The summed E-state index contributed by atoms with van der Waals surface area (Å²) in [6, 6.07) is 1.69. The molecule has 0 N–H and O–H groups in total. The van der Waals surface area contributed by atoms with E-state index < -0.39 is 0 Å². The number of aromatic nitrogens is 3. The molecule has 1 amide bonds. The first kappa shape index (κ1) is 15.5. The molecule has 0 aromatic carbocycles. The summed E-state index contributed by atoms with van der Waals surface area (Å²) in [5.74, 6) is 0.475. The van der Waals surface area contributed by atoms with Gasteiger partial charge in [0.25, 0.3) is 11.5 Å². The molecular formula is C16H20N4O3. The minimum atomic E-state index is -0.201. The molecule has 1 aliphatic rings. The van der Waals surface area contributed by atoms with Gasteiger partial charge in [0.1, 0.15) is 5.76 Å². The topological polar surface area (TPSA) is 81.2 Å². The number of amides is 1. The van der Waals surface area contributed by atoms with Crippen molar-refractivity contribution in [2.75, 3.05) is 6.54 Å². The zero-order valence-electron chi connectivity index (χ0n) is 13.8. The molecule has 0 atom stereocenters. The maximum atomic E-state index is 12.6. The Kier molecular flexibility index (Phi) is 3.58. The number of rotatable bonds is 1. The van der Waals surface area contributed by atoms with Gasteiger partial charge in [-0.25, -0.2) is 4.98 Å². The molecule has 0 saturated carbocycles. The molecule has 3 rings (SSSR count). The summed E-state index contributed by atoms with van der Waals surface area (Å²) in [6.45, 7) is 6.79. The monoisotopic (exact) mass is 316 g/mol. The molecule has 0 spiro atoms. The number of nitrogens with zero attached hydrogens (tertiary/aromatic N) is 4. The second-order valence-electron chi connectivity index (χ2n) is 6.89. The van der Waals surface area contributed by atoms with Crippen LogP contribution in [0.3, 0.4) is 0 Å². The summed E-state index contributed by atoms with van der Waals surface area (Å²) in [5, 5.41) is 3.89. The summed E-state index contributed by atoms with van der Waals surface area (Å²) in [4.78, 5) is 30.6. The van der Waals surface area contributed by atoms with Crippen LogP contribution in [0.5, 0.6) is 0 Å². The molecule has 0 radical (unpaired) electrons. The number of hydrogen-bond donors (Lipinski definition) is 0. The average Bonchev–Trinajstić information content (AvgIpc) is 3.00. The van der Waals surface area contributed by atoms with Crippen LogP contribution >= 0.6 is 0 Å². The summed E-state index contributed by atoms with van der Waals surface area (Å²) in [7, 11) is 1.68. The van der Waals surface area contributed by atoms with E-state index in [1.165, 1.54) is 10.9 Å². The fourth-order valence-electron chi connectivity index (χ4n) is 2.58. The van der Waals surface area contributed by atoms with E-state index in [-0.39, 0.29) is 16.9 Å². The third-order valence-electron chi connectivity index (χ3n) is 4.04. The summed E-state index contributed by atoms with van der Waals surface area (Å²) in [6.07, 6.45) is 1.99. The number of carbonyl (C=O) groups excluding carboxylic acids is 1. The zero-order valence-corrected chi connectivity index (χ0v) is 13.8. The molecule has 0 aliphatic carbocycles. The standard InChI is InChI=1S/C16H20N4O3/c1-16(2,3)13-7-11(18-23-13)15(22)20-6-5-10-12(8-20)17-9-19(4)14(10)21/h7,9H,5-6,8H2,1-4H3. The lowest BCUT2D eigenvalue weighted by molar-refractivity contribution is 0.0720. The van der Waals surface area contributed by atoms with Gasteiger partial charge in [0, 0.05) is 30.6 Å². The second-order valence-corrected chi connectivity index (χ2v) is 6.89. The van der Waals surface area contributed by atoms with Crippen LogP contribution in [-0.2, 0) is 25.4 Å². The Morgan fingerprint density at radius 1 is 1.35 bits per heavy atom. The molecule has 23 heavy (non-hydrogen) atoms. The van der Waals surface area contributed by atoms with Crippen molar-refractivity contribution in [1.29, 1.82) is 0 Å². The highest BCUT2D eigenvalue weighted by Crippen LogP contribution is 2.24. The van der Waals surface area contributed by atoms with E-state index in [1.807, 2.05) is 20.8 Å². The van der Waals surface area contributed by atoms with Gasteiger partial charge in [0.15, 0.2) is 5.69 Å². The quantitative estimate of drug-likeness (QED) is 0.791. The number of carbonyl (C=O) groups is 1. The molecule has 3 heterocycles. The zero-order chi connectivity index (χ0) is 16.8. The lowest BCUT2D eigenvalue weighted by atomic mass is 9.93. The molecule has 1 aliphatic heterocycles. The highest BCUT2D eigenvalue weighted by atomic mass is 16.5. The van der Waals surface area contributed by atoms with Gasteiger partial charge >= 0.3 is 0 Å². The van der Waals surface area contributed by atoms with E-state index >= 15 is 0 Å². The van der Waals surface area contributed by atoms with Crippen molar-refractivity contribution in [1.82, 2.24) is 19.6 Å². The normalized spacial score (nSPS) is 14.7. The van der Waals surface area contributed by atoms with Crippen LogP contribution in [0.4, 0.5) is 0 Å². The molecule has 2 aromatic heterocycles. The Morgan fingerprint density at radius 3 is 2.74 bits per heavy atom. The van der Waals surface area contributed by atoms with Gasteiger partial charge in [-0.15, -0.1) is 0 Å². The second kappa shape index (κ2) is 5.33. The van der Waals surface area contributed by atoms with Crippen molar-refractivity contribution in [3.63, 3.8) is 0 Å². The first-order valence-electron chi connectivity index (χ1n) is 7.57. The Hall–Kier alpha value is -2.44. The Labute approximate surface area is 133 Å². The number of aryl methyl sites for hydroxylation is 1. The van der Waals surface area contributed by atoms with Gasteiger partial charge in [-0.2, -0.15) is 0 Å². The molecular weight excluding hydrogens is 296 g/mol. The molecule has 0 unspecified atom stereocenters. The van der Waals surface area contributed by atoms with E-state index in [0.717, 1.165) is 0 Å². The van der Waals surface area contributed by atoms with Crippen molar-refractivity contribution < 1.29 is 9.32 Å². The van der Waals surface area contributed by atoms with Gasteiger partial charge in [-0.1, -0.05) is 25.9 Å². The van der Waals surface area contributed by atoms with Crippen molar-refractivity contribution in [3.8, 4) is 0 Å². The number of hydrogen-bond acceptors (Lipinski definition) is 5. The molecule has 0 bridgehead atoms. The molecule has 7 nitrogen and oxygen atoms in total. The van der Waals surface area contributed by atoms with Crippen LogP contribution in [0.15, 0.2) is 21.7 Å². The smallest absolute Gasteiger partial charge is 0.276 e.